The number of carbonyl (C=O) groups is 2. The van der Waals surface area contributed by atoms with Crippen molar-refractivity contribution in [3.8, 4) is 0 Å². The van der Waals surface area contributed by atoms with Crippen LogP contribution in [0.2, 0.25) is 0 Å². The minimum Gasteiger partial charge on any atom is -0.334 e. The fraction of sp³-hybridized carbons (Fsp3) is 0.550. The highest BCUT2D eigenvalue weighted by atomic mass is 16.2. The molecule has 7 nitrogen and oxygen atoms in total. The van der Waals surface area contributed by atoms with E-state index in [0.717, 1.165) is 36.9 Å². The molecule has 2 saturated heterocycles. The Hall–Kier alpha value is -2.57. The molecule has 2 aliphatic rings. The van der Waals surface area contributed by atoms with Crippen LogP contribution in [0.5, 0.6) is 0 Å². The van der Waals surface area contributed by atoms with Gasteiger partial charge in [0.1, 0.15) is 6.17 Å². The minimum atomic E-state index is -0.455. The van der Waals surface area contributed by atoms with E-state index in [9.17, 15) is 9.59 Å². The lowest BCUT2D eigenvalue weighted by Gasteiger charge is -2.40. The monoisotopic (exact) mass is 371 g/mol. The molecule has 7 heteroatoms. The Morgan fingerprint density at radius 3 is 2.44 bits per heavy atom. The lowest BCUT2D eigenvalue weighted by molar-refractivity contribution is -0.137. The number of hydrogen-bond acceptors (Lipinski definition) is 3. The highest BCUT2D eigenvalue weighted by Gasteiger charge is 2.51. The van der Waals surface area contributed by atoms with Gasteiger partial charge in [-0.2, -0.15) is 0 Å². The van der Waals surface area contributed by atoms with Crippen molar-refractivity contribution in [3.63, 3.8) is 0 Å². The number of carbonyl (C=O) groups excluding carboxylic acids is 2. The molecule has 0 aromatic heterocycles. The van der Waals surface area contributed by atoms with Gasteiger partial charge in [0.15, 0.2) is 12.0 Å². The van der Waals surface area contributed by atoms with E-state index in [-0.39, 0.29) is 24.6 Å². The molecule has 0 bridgehead atoms. The normalized spacial score (nSPS) is 23.9. The molecule has 2 unspecified atom stereocenters. The predicted octanol–water partition coefficient (Wildman–Crippen LogP) is 2.16. The van der Waals surface area contributed by atoms with Gasteiger partial charge in [-0.25, -0.2) is 4.79 Å². The summed E-state index contributed by atoms with van der Waals surface area (Å²) in [5.41, 5.74) is 2.09. The number of likely N-dealkylation sites (N-methyl/N-ethyl adjacent to an activating group) is 2. The number of hydrogen-bond donors (Lipinski definition) is 1. The minimum absolute atomic E-state index is 0.183. The molecule has 0 saturated carbocycles. The average Bonchev–Trinajstić information content (AvgIpc) is 2.99. The van der Waals surface area contributed by atoms with Crippen LogP contribution in [0.15, 0.2) is 29.3 Å². The number of amides is 3. The summed E-state index contributed by atoms with van der Waals surface area (Å²) in [5, 5.41) is 3.26. The van der Waals surface area contributed by atoms with Crippen molar-refractivity contribution < 1.29 is 9.59 Å². The van der Waals surface area contributed by atoms with E-state index in [1.165, 1.54) is 4.90 Å². The SMILES string of the molecule is CCCCCN=C1NC2C(C(=O)N(Cc3ccc(C)cc3)C(=O)N2C)N1C. The summed E-state index contributed by atoms with van der Waals surface area (Å²) in [4.78, 5) is 35.3. The van der Waals surface area contributed by atoms with E-state index < -0.39 is 6.04 Å². The zero-order valence-corrected chi connectivity index (χ0v) is 16.6. The highest BCUT2D eigenvalue weighted by molar-refractivity contribution is 6.04. The number of nitrogens with zero attached hydrogens (tertiary/aromatic N) is 4. The van der Waals surface area contributed by atoms with Crippen LogP contribution in [0.4, 0.5) is 4.79 Å². The van der Waals surface area contributed by atoms with Crippen molar-refractivity contribution in [1.29, 1.82) is 0 Å². The van der Waals surface area contributed by atoms with E-state index in [0.29, 0.717) is 5.96 Å². The summed E-state index contributed by atoms with van der Waals surface area (Å²) in [7, 11) is 3.59. The lowest BCUT2D eigenvalue weighted by Crippen LogP contribution is -2.65. The zero-order chi connectivity index (χ0) is 19.6. The summed E-state index contributed by atoms with van der Waals surface area (Å²) in [6.07, 6.45) is 2.92. The standard InChI is InChI=1S/C20H29N5O2/c1-5-6-7-12-21-19-22-17-16(23(19)3)18(26)25(20(27)24(17)4)13-15-10-8-14(2)9-11-15/h8-11,16-17H,5-7,12-13H2,1-4H3,(H,21,22). The summed E-state index contributed by atoms with van der Waals surface area (Å²) in [6, 6.07) is 7.16. The van der Waals surface area contributed by atoms with E-state index in [2.05, 4.69) is 17.2 Å². The summed E-state index contributed by atoms with van der Waals surface area (Å²) in [6.45, 7) is 5.17. The van der Waals surface area contributed by atoms with Crippen LogP contribution in [-0.2, 0) is 11.3 Å². The summed E-state index contributed by atoms with van der Waals surface area (Å²) in [5.74, 6) is 0.503. The number of unbranched alkanes of at least 4 members (excludes halogenated alkanes) is 2. The molecule has 1 aromatic rings. The number of rotatable bonds is 6. The fourth-order valence-electron chi connectivity index (χ4n) is 3.55. The molecule has 0 spiro atoms. The number of nitrogens with one attached hydrogen (secondary N) is 1. The molecule has 146 valence electrons. The first-order valence-electron chi connectivity index (χ1n) is 9.61. The molecule has 0 aliphatic carbocycles. The number of benzene rings is 1. The van der Waals surface area contributed by atoms with Gasteiger partial charge in [0.05, 0.1) is 6.54 Å². The number of fused-ring (bicyclic) bond motifs is 1. The zero-order valence-electron chi connectivity index (χ0n) is 16.6. The average molecular weight is 371 g/mol. The molecule has 0 radical (unpaired) electrons. The predicted molar refractivity (Wildman–Crippen MR) is 105 cm³/mol. The Morgan fingerprint density at radius 1 is 1.07 bits per heavy atom. The third kappa shape index (κ3) is 3.77. The Kier molecular flexibility index (Phi) is 5.68. The molecule has 3 rings (SSSR count). The summed E-state index contributed by atoms with van der Waals surface area (Å²) >= 11 is 0. The molecular formula is C20H29N5O2. The first-order valence-corrected chi connectivity index (χ1v) is 9.61. The number of guanidine groups is 1. The van der Waals surface area contributed by atoms with Gasteiger partial charge < -0.3 is 15.1 Å². The first kappa shape index (κ1) is 19.2. The quantitative estimate of drug-likeness (QED) is 0.778. The van der Waals surface area contributed by atoms with Gasteiger partial charge in [-0.15, -0.1) is 0 Å². The second-order valence-corrected chi connectivity index (χ2v) is 7.36. The molecular weight excluding hydrogens is 342 g/mol. The molecule has 3 amide bonds. The van der Waals surface area contributed by atoms with Crippen molar-refractivity contribution >= 4 is 17.9 Å². The number of aliphatic imine (C=N–C) groups is 1. The Morgan fingerprint density at radius 2 is 1.78 bits per heavy atom. The smallest absolute Gasteiger partial charge is 0.328 e. The maximum Gasteiger partial charge on any atom is 0.328 e. The topological polar surface area (TPSA) is 68.2 Å². The Labute approximate surface area is 161 Å². The molecule has 2 heterocycles. The van der Waals surface area contributed by atoms with Crippen LogP contribution in [0.1, 0.15) is 37.3 Å². The van der Waals surface area contributed by atoms with Gasteiger partial charge in [-0.05, 0) is 18.9 Å². The first-order chi connectivity index (χ1) is 12.9. The van der Waals surface area contributed by atoms with Gasteiger partial charge in [-0.1, -0.05) is 49.6 Å². The van der Waals surface area contributed by atoms with Gasteiger partial charge >= 0.3 is 6.03 Å². The number of imide groups is 1. The van der Waals surface area contributed by atoms with Crippen molar-refractivity contribution in [2.24, 2.45) is 4.99 Å². The lowest BCUT2D eigenvalue weighted by atomic mass is 10.1. The van der Waals surface area contributed by atoms with Crippen molar-refractivity contribution in [2.45, 2.75) is 51.9 Å². The van der Waals surface area contributed by atoms with Crippen LogP contribution in [0.25, 0.3) is 0 Å². The fourth-order valence-corrected chi connectivity index (χ4v) is 3.55. The van der Waals surface area contributed by atoms with E-state index in [4.69, 9.17) is 0 Å². The van der Waals surface area contributed by atoms with Gasteiger partial charge in [0.2, 0.25) is 0 Å². The maximum absolute atomic E-state index is 13.1. The largest absolute Gasteiger partial charge is 0.334 e. The van der Waals surface area contributed by atoms with Gasteiger partial charge in [0.25, 0.3) is 5.91 Å². The number of aryl methyl sites for hydroxylation is 1. The molecule has 2 fully saturated rings. The van der Waals surface area contributed by atoms with Crippen LogP contribution < -0.4 is 5.32 Å². The Bertz CT molecular complexity index is 730. The second-order valence-electron chi connectivity index (χ2n) is 7.36. The molecule has 1 aromatic carbocycles. The molecule has 1 N–H and O–H groups in total. The van der Waals surface area contributed by atoms with Crippen molar-refractivity contribution in [3.05, 3.63) is 35.4 Å². The summed E-state index contributed by atoms with van der Waals surface area (Å²) < 4.78 is 0. The number of urea groups is 1. The van der Waals surface area contributed by atoms with Crippen LogP contribution in [-0.4, -0.2) is 65.4 Å². The molecule has 2 atom stereocenters. The van der Waals surface area contributed by atoms with Crippen LogP contribution in [0, 0.1) is 6.92 Å². The Balaban J connectivity index is 1.77. The highest BCUT2D eigenvalue weighted by Crippen LogP contribution is 2.25. The van der Waals surface area contributed by atoms with Crippen LogP contribution in [0.3, 0.4) is 0 Å². The van der Waals surface area contributed by atoms with E-state index in [1.54, 1.807) is 11.9 Å². The second kappa shape index (κ2) is 7.98. The van der Waals surface area contributed by atoms with Crippen molar-refractivity contribution in [1.82, 2.24) is 20.0 Å². The van der Waals surface area contributed by atoms with Crippen molar-refractivity contribution in [2.75, 3.05) is 20.6 Å². The van der Waals surface area contributed by atoms with E-state index in [1.807, 2.05) is 43.1 Å². The maximum atomic E-state index is 13.1. The third-order valence-electron chi connectivity index (χ3n) is 5.28. The van der Waals surface area contributed by atoms with Gasteiger partial charge in [-0.3, -0.25) is 14.7 Å². The van der Waals surface area contributed by atoms with Gasteiger partial charge in [0, 0.05) is 20.6 Å². The van der Waals surface area contributed by atoms with E-state index >= 15 is 0 Å². The molecule has 2 aliphatic heterocycles. The molecule has 27 heavy (non-hydrogen) atoms. The third-order valence-corrected chi connectivity index (χ3v) is 5.28. The van der Waals surface area contributed by atoms with Crippen LogP contribution >= 0.6 is 0 Å².